The third kappa shape index (κ3) is 3.28. The van der Waals surface area contributed by atoms with E-state index in [-0.39, 0.29) is 11.9 Å². The molecule has 1 amide bonds. The molecular formula is C17H17ClN2OS. The number of carbonyl (C=O) groups is 1. The van der Waals surface area contributed by atoms with Crippen molar-refractivity contribution in [2.75, 3.05) is 10.7 Å². The molecule has 0 radical (unpaired) electrons. The number of rotatable bonds is 3. The number of aryl methyl sites for hydroxylation is 1. The van der Waals surface area contributed by atoms with Gasteiger partial charge in [-0.25, -0.2) is 4.98 Å². The van der Waals surface area contributed by atoms with Crippen LogP contribution in [0.4, 0.5) is 5.69 Å². The zero-order chi connectivity index (χ0) is 15.5. The molecular weight excluding hydrogens is 316 g/mol. The number of pyridine rings is 1. The molecule has 2 aromatic rings. The van der Waals surface area contributed by atoms with E-state index in [0.29, 0.717) is 10.8 Å². The first-order valence-corrected chi connectivity index (χ1v) is 8.66. The molecule has 114 valence electrons. The topological polar surface area (TPSA) is 33.2 Å². The van der Waals surface area contributed by atoms with Crippen molar-refractivity contribution < 1.29 is 4.79 Å². The Balaban J connectivity index is 1.73. The summed E-state index contributed by atoms with van der Waals surface area (Å²) in [6.45, 7) is 2.11. The predicted octanol–water partition coefficient (Wildman–Crippen LogP) is 4.20. The summed E-state index contributed by atoms with van der Waals surface area (Å²) in [7, 11) is 0. The number of anilines is 1. The molecule has 2 heterocycles. The minimum atomic E-state index is 0.126. The standard InChI is InChI=1S/C17H17ClN2OS/c1-12-6-7-13-4-2-3-5-15(13)20(12)17(21)11-22-16-9-8-14(18)10-19-16/h2-5,8-10,12H,6-7,11H2,1H3. The zero-order valence-corrected chi connectivity index (χ0v) is 13.9. The molecule has 0 N–H and O–H groups in total. The maximum atomic E-state index is 12.7. The van der Waals surface area contributed by atoms with Crippen molar-refractivity contribution in [3.05, 3.63) is 53.2 Å². The van der Waals surface area contributed by atoms with Crippen molar-refractivity contribution in [3.63, 3.8) is 0 Å². The van der Waals surface area contributed by atoms with Crippen LogP contribution >= 0.6 is 23.4 Å². The molecule has 0 bridgehead atoms. The van der Waals surface area contributed by atoms with E-state index in [9.17, 15) is 4.79 Å². The Morgan fingerprint density at radius 2 is 2.18 bits per heavy atom. The van der Waals surface area contributed by atoms with Crippen molar-refractivity contribution in [1.82, 2.24) is 4.98 Å². The van der Waals surface area contributed by atoms with Crippen molar-refractivity contribution >= 4 is 35.0 Å². The summed E-state index contributed by atoms with van der Waals surface area (Å²) in [4.78, 5) is 18.8. The molecule has 0 saturated carbocycles. The number of amides is 1. The highest BCUT2D eigenvalue weighted by atomic mass is 35.5. The number of hydrogen-bond donors (Lipinski definition) is 0. The van der Waals surface area contributed by atoms with Gasteiger partial charge in [-0.05, 0) is 43.5 Å². The maximum absolute atomic E-state index is 12.7. The summed E-state index contributed by atoms with van der Waals surface area (Å²) in [5, 5.41) is 1.42. The third-order valence-electron chi connectivity index (χ3n) is 3.84. The van der Waals surface area contributed by atoms with Crippen molar-refractivity contribution in [3.8, 4) is 0 Å². The van der Waals surface area contributed by atoms with Gasteiger partial charge in [0.25, 0.3) is 0 Å². The van der Waals surface area contributed by atoms with Gasteiger partial charge in [0, 0.05) is 17.9 Å². The Hall–Kier alpha value is -1.52. The molecule has 5 heteroatoms. The number of halogens is 1. The lowest BCUT2D eigenvalue weighted by atomic mass is 9.97. The Kier molecular flexibility index (Phi) is 4.69. The fourth-order valence-electron chi connectivity index (χ4n) is 2.72. The summed E-state index contributed by atoms with van der Waals surface area (Å²) in [5.74, 6) is 0.509. The minimum absolute atomic E-state index is 0.126. The van der Waals surface area contributed by atoms with Crippen LogP contribution in [0.15, 0.2) is 47.6 Å². The monoisotopic (exact) mass is 332 g/mol. The molecule has 1 aliphatic heterocycles. The highest BCUT2D eigenvalue weighted by molar-refractivity contribution is 7.99. The molecule has 1 unspecified atom stereocenters. The molecule has 22 heavy (non-hydrogen) atoms. The third-order valence-corrected chi connectivity index (χ3v) is 4.99. The lowest BCUT2D eigenvalue weighted by molar-refractivity contribution is -0.116. The second-order valence-corrected chi connectivity index (χ2v) is 6.82. The van der Waals surface area contributed by atoms with E-state index in [4.69, 9.17) is 11.6 Å². The van der Waals surface area contributed by atoms with Crippen molar-refractivity contribution in [2.24, 2.45) is 0 Å². The number of nitrogens with zero attached hydrogens (tertiary/aromatic N) is 2. The Bertz CT molecular complexity index is 675. The first-order chi connectivity index (χ1) is 10.6. The van der Waals surface area contributed by atoms with Crippen LogP contribution in [-0.4, -0.2) is 22.7 Å². The average molecular weight is 333 g/mol. The summed E-state index contributed by atoms with van der Waals surface area (Å²) in [6, 6.07) is 12.0. The van der Waals surface area contributed by atoms with E-state index in [1.165, 1.54) is 17.3 Å². The van der Waals surface area contributed by atoms with Crippen molar-refractivity contribution in [1.29, 1.82) is 0 Å². The van der Waals surface area contributed by atoms with E-state index in [1.54, 1.807) is 12.3 Å². The number of benzene rings is 1. The highest BCUT2D eigenvalue weighted by Crippen LogP contribution is 2.31. The summed E-state index contributed by atoms with van der Waals surface area (Å²) in [5.41, 5.74) is 2.31. The van der Waals surface area contributed by atoms with Crippen LogP contribution in [0.1, 0.15) is 18.9 Å². The Labute approximate surface area is 139 Å². The van der Waals surface area contributed by atoms with Gasteiger partial charge in [0.15, 0.2) is 0 Å². The van der Waals surface area contributed by atoms with Gasteiger partial charge in [0.1, 0.15) is 0 Å². The fourth-order valence-corrected chi connectivity index (χ4v) is 3.53. The van der Waals surface area contributed by atoms with E-state index in [1.807, 2.05) is 29.2 Å². The number of thioether (sulfide) groups is 1. The molecule has 0 aliphatic carbocycles. The van der Waals surface area contributed by atoms with Gasteiger partial charge in [-0.3, -0.25) is 4.79 Å². The molecule has 1 aromatic carbocycles. The lowest BCUT2D eigenvalue weighted by Gasteiger charge is -2.35. The van der Waals surface area contributed by atoms with Gasteiger partial charge < -0.3 is 4.90 Å². The number of carbonyl (C=O) groups excluding carboxylic acids is 1. The molecule has 1 atom stereocenters. The SMILES string of the molecule is CC1CCc2ccccc2N1C(=O)CSc1ccc(Cl)cn1. The molecule has 1 aromatic heterocycles. The van der Waals surface area contributed by atoms with Gasteiger partial charge in [0.2, 0.25) is 5.91 Å². The highest BCUT2D eigenvalue weighted by Gasteiger charge is 2.27. The number of para-hydroxylation sites is 1. The number of aromatic nitrogens is 1. The van der Waals surface area contributed by atoms with Crippen LogP contribution in [0.5, 0.6) is 0 Å². The van der Waals surface area contributed by atoms with Crippen LogP contribution in [-0.2, 0) is 11.2 Å². The van der Waals surface area contributed by atoms with Crippen LogP contribution in [0.2, 0.25) is 5.02 Å². The van der Waals surface area contributed by atoms with Crippen molar-refractivity contribution in [2.45, 2.75) is 30.8 Å². The maximum Gasteiger partial charge on any atom is 0.237 e. The van der Waals surface area contributed by atoms with Crippen LogP contribution in [0, 0.1) is 0 Å². The summed E-state index contributed by atoms with van der Waals surface area (Å²) >= 11 is 7.27. The second-order valence-electron chi connectivity index (χ2n) is 5.38. The van der Waals surface area contributed by atoms with Gasteiger partial charge in [-0.15, -0.1) is 0 Å². The van der Waals surface area contributed by atoms with Gasteiger partial charge in [0.05, 0.1) is 15.8 Å². The van der Waals surface area contributed by atoms with Gasteiger partial charge in [-0.2, -0.15) is 0 Å². The normalized spacial score (nSPS) is 17.2. The van der Waals surface area contributed by atoms with Gasteiger partial charge >= 0.3 is 0 Å². The average Bonchev–Trinajstić information content (AvgIpc) is 2.54. The molecule has 0 fully saturated rings. The lowest BCUT2D eigenvalue weighted by Crippen LogP contribution is -2.43. The molecule has 1 aliphatic rings. The quantitative estimate of drug-likeness (QED) is 0.790. The van der Waals surface area contributed by atoms with E-state index in [0.717, 1.165) is 23.6 Å². The Morgan fingerprint density at radius 3 is 2.95 bits per heavy atom. The fraction of sp³-hybridized carbons (Fsp3) is 0.294. The minimum Gasteiger partial charge on any atom is -0.309 e. The molecule has 0 spiro atoms. The van der Waals surface area contributed by atoms with E-state index >= 15 is 0 Å². The first-order valence-electron chi connectivity index (χ1n) is 7.29. The van der Waals surface area contributed by atoms with Crippen LogP contribution in [0.25, 0.3) is 0 Å². The summed E-state index contributed by atoms with van der Waals surface area (Å²) in [6.07, 6.45) is 3.65. The second kappa shape index (κ2) is 6.71. The van der Waals surface area contributed by atoms with Gasteiger partial charge in [-0.1, -0.05) is 41.6 Å². The summed E-state index contributed by atoms with van der Waals surface area (Å²) < 4.78 is 0. The van der Waals surface area contributed by atoms with Crippen LogP contribution < -0.4 is 4.90 Å². The molecule has 0 saturated heterocycles. The number of hydrogen-bond acceptors (Lipinski definition) is 3. The van der Waals surface area contributed by atoms with Crippen LogP contribution in [0.3, 0.4) is 0 Å². The molecule has 3 rings (SSSR count). The largest absolute Gasteiger partial charge is 0.309 e. The number of fused-ring (bicyclic) bond motifs is 1. The zero-order valence-electron chi connectivity index (χ0n) is 12.3. The first kappa shape index (κ1) is 15.4. The Morgan fingerprint density at radius 1 is 1.36 bits per heavy atom. The van der Waals surface area contributed by atoms with E-state index in [2.05, 4.69) is 18.0 Å². The van der Waals surface area contributed by atoms with E-state index < -0.39 is 0 Å². The smallest absolute Gasteiger partial charge is 0.237 e. The predicted molar refractivity (Wildman–Crippen MR) is 91.7 cm³/mol. The molecule has 3 nitrogen and oxygen atoms in total.